The lowest BCUT2D eigenvalue weighted by Gasteiger charge is -2.41. The molecule has 0 radical (unpaired) electrons. The zero-order valence-corrected chi connectivity index (χ0v) is 13.3. The van der Waals surface area contributed by atoms with Crippen molar-refractivity contribution in [1.82, 2.24) is 0 Å². The van der Waals surface area contributed by atoms with Crippen LogP contribution in [0.4, 0.5) is 5.69 Å². The molecule has 1 aromatic rings. The van der Waals surface area contributed by atoms with Gasteiger partial charge in [-0.05, 0) is 67.2 Å². The molecule has 4 aliphatic rings. The highest BCUT2D eigenvalue weighted by atomic mass is 16.4. The summed E-state index contributed by atoms with van der Waals surface area (Å²) >= 11 is 0. The molecule has 2 fully saturated rings. The van der Waals surface area contributed by atoms with E-state index in [2.05, 4.69) is 11.4 Å². The molecule has 0 aliphatic heterocycles. The highest BCUT2D eigenvalue weighted by molar-refractivity contribution is 5.96. The van der Waals surface area contributed by atoms with Gasteiger partial charge >= 0.3 is 5.97 Å². The van der Waals surface area contributed by atoms with Gasteiger partial charge in [-0.2, -0.15) is 0 Å². The van der Waals surface area contributed by atoms with E-state index in [1.807, 2.05) is 38.1 Å². The van der Waals surface area contributed by atoms with Gasteiger partial charge in [0, 0.05) is 5.69 Å². The lowest BCUT2D eigenvalue weighted by molar-refractivity contribution is -0.152. The summed E-state index contributed by atoms with van der Waals surface area (Å²) in [5, 5.41) is 12.6. The van der Waals surface area contributed by atoms with Crippen molar-refractivity contribution in [2.75, 3.05) is 5.32 Å². The standard InChI is InChI=1S/C19H21NO3/c1-9-3-4-11(7-10(9)2)20-18(21)16-12-5-6-13(15-8-14(12)15)17(16)19(22)23/h3-7,12-17H,8H2,1-2H3,(H,20,21)(H,22,23)/t12-,13-,14-,15-,16+,17-/m0/s1. The Morgan fingerprint density at radius 3 is 2.30 bits per heavy atom. The van der Waals surface area contributed by atoms with Crippen molar-refractivity contribution in [2.45, 2.75) is 20.3 Å². The molecule has 23 heavy (non-hydrogen) atoms. The van der Waals surface area contributed by atoms with E-state index in [1.54, 1.807) is 0 Å². The number of rotatable bonds is 3. The molecule has 4 aliphatic carbocycles. The van der Waals surface area contributed by atoms with E-state index in [1.165, 1.54) is 5.56 Å². The number of benzene rings is 1. The molecule has 0 heterocycles. The van der Waals surface area contributed by atoms with Crippen molar-refractivity contribution in [1.29, 1.82) is 0 Å². The van der Waals surface area contributed by atoms with E-state index >= 15 is 0 Å². The minimum Gasteiger partial charge on any atom is -0.481 e. The van der Waals surface area contributed by atoms with Gasteiger partial charge < -0.3 is 10.4 Å². The number of nitrogens with one attached hydrogen (secondary N) is 1. The molecule has 1 aromatic carbocycles. The number of carbonyl (C=O) groups is 2. The van der Waals surface area contributed by atoms with Crippen LogP contribution in [0.5, 0.6) is 0 Å². The van der Waals surface area contributed by atoms with Gasteiger partial charge in [0.05, 0.1) is 11.8 Å². The molecule has 0 aromatic heterocycles. The summed E-state index contributed by atoms with van der Waals surface area (Å²) in [7, 11) is 0. The van der Waals surface area contributed by atoms with Gasteiger partial charge in [0.15, 0.2) is 0 Å². The summed E-state index contributed by atoms with van der Waals surface area (Å²) in [6.07, 6.45) is 5.19. The minimum absolute atomic E-state index is 0.0259. The molecule has 0 spiro atoms. The quantitative estimate of drug-likeness (QED) is 0.843. The third-order valence-electron chi connectivity index (χ3n) is 6.01. The molecule has 4 nitrogen and oxygen atoms in total. The number of fused-ring (bicyclic) bond motifs is 1. The maximum Gasteiger partial charge on any atom is 0.307 e. The van der Waals surface area contributed by atoms with Gasteiger partial charge in [0.1, 0.15) is 0 Å². The molecular weight excluding hydrogens is 290 g/mol. The van der Waals surface area contributed by atoms with Crippen LogP contribution >= 0.6 is 0 Å². The van der Waals surface area contributed by atoms with E-state index in [-0.39, 0.29) is 17.7 Å². The number of anilines is 1. The molecular formula is C19H21NO3. The maximum atomic E-state index is 12.8. The highest BCUT2D eigenvalue weighted by Crippen LogP contribution is 2.63. The van der Waals surface area contributed by atoms with Crippen molar-refractivity contribution >= 4 is 17.6 Å². The normalized spacial score (nSPS) is 36.4. The van der Waals surface area contributed by atoms with Crippen LogP contribution < -0.4 is 5.32 Å². The number of carbonyl (C=O) groups excluding carboxylic acids is 1. The number of amides is 1. The molecule has 2 saturated carbocycles. The monoisotopic (exact) mass is 311 g/mol. The molecule has 0 saturated heterocycles. The third-order valence-corrected chi connectivity index (χ3v) is 6.01. The van der Waals surface area contributed by atoms with Gasteiger partial charge in [-0.25, -0.2) is 0 Å². The largest absolute Gasteiger partial charge is 0.481 e. The summed E-state index contributed by atoms with van der Waals surface area (Å²) in [4.78, 5) is 24.6. The molecule has 6 atom stereocenters. The van der Waals surface area contributed by atoms with Gasteiger partial charge in [-0.15, -0.1) is 0 Å². The van der Waals surface area contributed by atoms with Crippen LogP contribution in [0.1, 0.15) is 17.5 Å². The minimum atomic E-state index is -0.838. The topological polar surface area (TPSA) is 66.4 Å². The van der Waals surface area contributed by atoms with Gasteiger partial charge in [-0.3, -0.25) is 9.59 Å². The summed E-state index contributed by atoms with van der Waals surface area (Å²) < 4.78 is 0. The van der Waals surface area contributed by atoms with E-state index in [0.29, 0.717) is 11.8 Å². The van der Waals surface area contributed by atoms with E-state index in [0.717, 1.165) is 17.7 Å². The Kier molecular flexibility index (Phi) is 3.12. The van der Waals surface area contributed by atoms with E-state index in [4.69, 9.17) is 0 Å². The zero-order valence-electron chi connectivity index (χ0n) is 13.3. The highest BCUT2D eigenvalue weighted by Gasteiger charge is 2.62. The number of aryl methyl sites for hydroxylation is 2. The van der Waals surface area contributed by atoms with Crippen LogP contribution in [-0.2, 0) is 9.59 Å². The van der Waals surface area contributed by atoms with Gasteiger partial charge in [0.2, 0.25) is 5.91 Å². The first-order chi connectivity index (χ1) is 11.0. The van der Waals surface area contributed by atoms with Crippen molar-refractivity contribution in [3.63, 3.8) is 0 Å². The van der Waals surface area contributed by atoms with Crippen LogP contribution in [0.15, 0.2) is 30.4 Å². The Labute approximate surface area is 135 Å². The predicted octanol–water partition coefficient (Wildman–Crippen LogP) is 3.01. The number of hydrogen-bond donors (Lipinski definition) is 2. The third kappa shape index (κ3) is 2.19. The zero-order chi connectivity index (χ0) is 16.3. The van der Waals surface area contributed by atoms with Crippen LogP contribution in [0, 0.1) is 49.4 Å². The average Bonchev–Trinajstić information content (AvgIpc) is 3.32. The SMILES string of the molecule is Cc1ccc(NC(=O)[C@@H]2[C@H]3C=C[C@@H]([C@@H]4C[C@@H]34)[C@@H]2C(=O)O)cc1C. The number of carboxylic acid groups (broad SMARTS) is 1. The molecule has 2 bridgehead atoms. The second-order valence-electron chi connectivity index (χ2n) is 7.28. The smallest absolute Gasteiger partial charge is 0.307 e. The maximum absolute atomic E-state index is 12.8. The molecule has 5 rings (SSSR count). The number of allylic oxidation sites excluding steroid dienone is 2. The second-order valence-corrected chi connectivity index (χ2v) is 7.28. The average molecular weight is 311 g/mol. The lowest BCUT2D eigenvalue weighted by Crippen LogP contribution is -2.48. The lowest BCUT2D eigenvalue weighted by atomic mass is 9.62. The first kappa shape index (κ1) is 14.5. The van der Waals surface area contributed by atoms with Crippen molar-refractivity contribution in [3.05, 3.63) is 41.5 Å². The summed E-state index contributed by atoms with van der Waals surface area (Å²) in [6.45, 7) is 4.03. The fraction of sp³-hybridized carbons (Fsp3) is 0.474. The summed E-state index contributed by atoms with van der Waals surface area (Å²) in [5.74, 6) is -0.919. The first-order valence-electron chi connectivity index (χ1n) is 8.26. The Morgan fingerprint density at radius 2 is 1.70 bits per heavy atom. The molecule has 2 N–H and O–H groups in total. The molecule has 0 unspecified atom stereocenters. The summed E-state index contributed by atoms with van der Waals surface area (Å²) in [5.41, 5.74) is 3.04. The Morgan fingerprint density at radius 1 is 1.04 bits per heavy atom. The fourth-order valence-corrected chi connectivity index (χ4v) is 4.61. The Hall–Kier alpha value is -2.10. The Balaban J connectivity index is 1.60. The number of hydrogen-bond acceptors (Lipinski definition) is 2. The van der Waals surface area contributed by atoms with Crippen molar-refractivity contribution < 1.29 is 14.7 Å². The summed E-state index contributed by atoms with van der Waals surface area (Å²) in [6, 6.07) is 5.80. The van der Waals surface area contributed by atoms with Crippen LogP contribution in [0.2, 0.25) is 0 Å². The molecule has 1 amide bonds. The first-order valence-corrected chi connectivity index (χ1v) is 8.26. The van der Waals surface area contributed by atoms with Crippen LogP contribution in [-0.4, -0.2) is 17.0 Å². The van der Waals surface area contributed by atoms with E-state index in [9.17, 15) is 14.7 Å². The van der Waals surface area contributed by atoms with Crippen LogP contribution in [0.25, 0.3) is 0 Å². The predicted molar refractivity (Wildman–Crippen MR) is 86.9 cm³/mol. The van der Waals surface area contributed by atoms with Crippen LogP contribution in [0.3, 0.4) is 0 Å². The molecule has 120 valence electrons. The van der Waals surface area contributed by atoms with E-state index < -0.39 is 17.8 Å². The fourth-order valence-electron chi connectivity index (χ4n) is 4.61. The number of carboxylic acids is 1. The van der Waals surface area contributed by atoms with Crippen molar-refractivity contribution in [2.24, 2.45) is 35.5 Å². The molecule has 4 heteroatoms. The van der Waals surface area contributed by atoms with Gasteiger partial charge in [0.25, 0.3) is 0 Å². The second kappa shape index (κ2) is 4.95. The van der Waals surface area contributed by atoms with Crippen molar-refractivity contribution in [3.8, 4) is 0 Å². The number of aliphatic carboxylic acids is 1. The van der Waals surface area contributed by atoms with Gasteiger partial charge in [-0.1, -0.05) is 18.2 Å². The Bertz CT molecular complexity index is 723.